The van der Waals surface area contributed by atoms with Gasteiger partial charge >= 0.3 is 5.92 Å². The Morgan fingerprint density at radius 3 is 2.39 bits per heavy atom. The maximum atomic E-state index is 15.6. The van der Waals surface area contributed by atoms with Crippen molar-refractivity contribution >= 4 is 58.1 Å². The SMILES string of the molecule is COc1cc(C(=O)NC2CCN(CCC3CCN(c4ccc(NC5CCC(=O)NC5=O)c(F)c4)CC3)CC2)c(F)cc1Nc1ncc2c(n1)N(C(C)C)CC(F)(F)C(=O)N2C. The zero-order valence-corrected chi connectivity index (χ0v) is 34.7. The molecule has 3 saturated heterocycles. The largest absolute Gasteiger partial charge is 0.495 e. The van der Waals surface area contributed by atoms with Crippen LogP contribution in [0.25, 0.3) is 0 Å². The van der Waals surface area contributed by atoms with E-state index in [4.69, 9.17) is 4.74 Å². The van der Waals surface area contributed by atoms with Crippen LogP contribution in [0, 0.1) is 17.6 Å². The van der Waals surface area contributed by atoms with Crippen molar-refractivity contribution in [1.82, 2.24) is 25.5 Å². The highest BCUT2D eigenvalue weighted by Crippen LogP contribution is 2.38. The number of hydrogen-bond acceptors (Lipinski definition) is 12. The number of amides is 4. The summed E-state index contributed by atoms with van der Waals surface area (Å²) in [6, 6.07) is 6.14. The Balaban J connectivity index is 0.872. The molecule has 328 valence electrons. The van der Waals surface area contributed by atoms with Crippen molar-refractivity contribution in [3.63, 3.8) is 0 Å². The van der Waals surface area contributed by atoms with Crippen LogP contribution < -0.4 is 40.7 Å². The first-order valence-corrected chi connectivity index (χ1v) is 20.7. The van der Waals surface area contributed by atoms with Crippen molar-refractivity contribution in [2.24, 2.45) is 5.92 Å². The van der Waals surface area contributed by atoms with Crippen LogP contribution in [0.15, 0.2) is 36.5 Å². The van der Waals surface area contributed by atoms with E-state index in [-0.39, 0.29) is 58.5 Å². The van der Waals surface area contributed by atoms with Gasteiger partial charge in [-0.1, -0.05) is 0 Å². The number of hydrogen-bond donors (Lipinski definition) is 4. The van der Waals surface area contributed by atoms with Crippen LogP contribution in [0.2, 0.25) is 0 Å². The van der Waals surface area contributed by atoms with Crippen molar-refractivity contribution in [1.29, 1.82) is 0 Å². The molecular formula is C42H52F4N10O5. The highest BCUT2D eigenvalue weighted by molar-refractivity contribution is 6.02. The summed E-state index contributed by atoms with van der Waals surface area (Å²) in [5.74, 6) is -6.91. The number of likely N-dealkylation sites (tertiary alicyclic amines) is 1. The van der Waals surface area contributed by atoms with Gasteiger partial charge in [-0.05, 0) is 89.1 Å². The Morgan fingerprint density at radius 2 is 1.72 bits per heavy atom. The number of carbonyl (C=O) groups is 4. The van der Waals surface area contributed by atoms with Crippen molar-refractivity contribution in [2.75, 3.05) is 78.8 Å². The van der Waals surface area contributed by atoms with Crippen LogP contribution in [0.3, 0.4) is 0 Å². The zero-order valence-electron chi connectivity index (χ0n) is 34.7. The number of anilines is 6. The van der Waals surface area contributed by atoms with E-state index >= 15 is 8.78 Å². The number of methoxy groups -OCH3 is 1. The fourth-order valence-corrected chi connectivity index (χ4v) is 8.37. The number of nitrogens with one attached hydrogen (secondary N) is 4. The van der Waals surface area contributed by atoms with Gasteiger partial charge in [0, 0.05) is 63.5 Å². The molecule has 0 spiro atoms. The van der Waals surface area contributed by atoms with Crippen LogP contribution in [0.4, 0.5) is 52.1 Å². The lowest BCUT2D eigenvalue weighted by Gasteiger charge is -2.36. The molecule has 3 fully saturated rings. The van der Waals surface area contributed by atoms with E-state index in [1.165, 1.54) is 37.4 Å². The van der Waals surface area contributed by atoms with E-state index in [1.807, 2.05) is 6.07 Å². The number of rotatable bonds is 12. The molecule has 4 amide bonds. The van der Waals surface area contributed by atoms with Gasteiger partial charge in [-0.25, -0.2) is 13.8 Å². The maximum Gasteiger partial charge on any atom is 0.342 e. The predicted molar refractivity (Wildman–Crippen MR) is 222 cm³/mol. The third-order valence-corrected chi connectivity index (χ3v) is 12.1. The van der Waals surface area contributed by atoms with Gasteiger partial charge in [0.25, 0.3) is 11.8 Å². The summed E-state index contributed by atoms with van der Waals surface area (Å²) in [5.41, 5.74) is 1.03. The minimum absolute atomic E-state index is 0.0514. The number of imide groups is 1. The van der Waals surface area contributed by atoms with Gasteiger partial charge in [0.05, 0.1) is 36.8 Å². The normalized spacial score (nSPS) is 20.3. The molecule has 61 heavy (non-hydrogen) atoms. The molecule has 1 atom stereocenters. The maximum absolute atomic E-state index is 15.6. The van der Waals surface area contributed by atoms with E-state index in [0.717, 1.165) is 68.6 Å². The Hall–Kier alpha value is -5.72. The lowest BCUT2D eigenvalue weighted by molar-refractivity contribution is -0.140. The van der Waals surface area contributed by atoms with E-state index in [9.17, 15) is 28.0 Å². The summed E-state index contributed by atoms with van der Waals surface area (Å²) in [5, 5.41) is 11.1. The lowest BCUT2D eigenvalue weighted by Crippen LogP contribution is -2.47. The minimum Gasteiger partial charge on any atom is -0.495 e. The first-order valence-electron chi connectivity index (χ1n) is 20.7. The molecule has 7 rings (SSSR count). The number of benzene rings is 2. The standard InChI is InChI=1S/C42H52F4N10O5/c1-24(2)56-23-42(45,46)40(60)53(3)34-22-47-41(52-37(34)56)50-33-21-29(43)28(20-35(33)61-4)38(58)48-26-12-15-54(16-13-26)14-9-25-10-17-55(18-11-25)27-5-6-31(30(44)19-27)49-32-7-8-36(57)51-39(32)59/h5-6,19-22,24-26,32,49H,7-18,23H2,1-4H3,(H,48,58)(H,47,50,52)(H,51,57,59). The average Bonchev–Trinajstić information content (AvgIpc) is 3.30. The first-order chi connectivity index (χ1) is 29.1. The topological polar surface area (TPSA) is 164 Å². The number of ether oxygens (including phenoxy) is 1. The van der Waals surface area contributed by atoms with Gasteiger partial charge in [0.1, 0.15) is 29.1 Å². The van der Waals surface area contributed by atoms with Crippen LogP contribution in [-0.2, 0) is 14.4 Å². The molecule has 5 heterocycles. The third kappa shape index (κ3) is 9.76. The lowest BCUT2D eigenvalue weighted by atomic mass is 9.92. The molecule has 4 aliphatic rings. The molecule has 15 nitrogen and oxygen atoms in total. The number of aromatic nitrogens is 2. The quantitative estimate of drug-likeness (QED) is 0.142. The first kappa shape index (κ1) is 43.4. The number of piperidine rings is 3. The molecule has 1 aromatic heterocycles. The summed E-state index contributed by atoms with van der Waals surface area (Å²) in [6.45, 7) is 6.63. The monoisotopic (exact) mass is 852 g/mol. The van der Waals surface area contributed by atoms with Gasteiger partial charge in [0.15, 0.2) is 5.82 Å². The number of halogens is 4. The summed E-state index contributed by atoms with van der Waals surface area (Å²) < 4.78 is 65.6. The zero-order chi connectivity index (χ0) is 43.6. The van der Waals surface area contributed by atoms with Crippen molar-refractivity contribution in [3.8, 4) is 5.75 Å². The Kier molecular flexibility index (Phi) is 12.9. The fraction of sp³-hybridized carbons (Fsp3) is 0.524. The molecule has 0 bridgehead atoms. The smallest absolute Gasteiger partial charge is 0.342 e. The van der Waals surface area contributed by atoms with Crippen LogP contribution in [-0.4, -0.2) is 116 Å². The van der Waals surface area contributed by atoms with Gasteiger partial charge in [-0.2, -0.15) is 13.8 Å². The van der Waals surface area contributed by atoms with Crippen LogP contribution >= 0.6 is 0 Å². The highest BCUT2D eigenvalue weighted by atomic mass is 19.3. The van der Waals surface area contributed by atoms with Gasteiger partial charge in [-0.3, -0.25) is 24.5 Å². The van der Waals surface area contributed by atoms with E-state index < -0.39 is 53.9 Å². The Bertz CT molecular complexity index is 2140. The van der Waals surface area contributed by atoms with Crippen LogP contribution in [0.5, 0.6) is 5.75 Å². The van der Waals surface area contributed by atoms with Gasteiger partial charge in [0.2, 0.25) is 17.8 Å². The predicted octanol–water partition coefficient (Wildman–Crippen LogP) is 5.05. The number of carbonyl (C=O) groups excluding carboxylic acids is 4. The molecule has 4 aliphatic heterocycles. The van der Waals surface area contributed by atoms with Crippen LogP contribution in [0.1, 0.15) is 69.2 Å². The number of fused-ring (bicyclic) bond motifs is 1. The fourth-order valence-electron chi connectivity index (χ4n) is 8.37. The molecule has 4 N–H and O–H groups in total. The Labute approximate surface area is 351 Å². The van der Waals surface area contributed by atoms with E-state index in [2.05, 4.69) is 41.0 Å². The molecular weight excluding hydrogens is 801 g/mol. The van der Waals surface area contributed by atoms with Crippen molar-refractivity contribution < 1.29 is 41.5 Å². The van der Waals surface area contributed by atoms with Gasteiger partial charge < -0.3 is 40.3 Å². The van der Waals surface area contributed by atoms with Gasteiger partial charge in [-0.15, -0.1) is 0 Å². The highest BCUT2D eigenvalue weighted by Gasteiger charge is 2.47. The minimum atomic E-state index is -3.65. The molecule has 2 aromatic carbocycles. The molecule has 0 aliphatic carbocycles. The summed E-state index contributed by atoms with van der Waals surface area (Å²) >= 11 is 0. The molecule has 19 heteroatoms. The second-order valence-electron chi connectivity index (χ2n) is 16.5. The summed E-state index contributed by atoms with van der Waals surface area (Å²) in [4.78, 5) is 64.6. The summed E-state index contributed by atoms with van der Waals surface area (Å²) in [7, 11) is 2.60. The Morgan fingerprint density at radius 1 is 0.984 bits per heavy atom. The van der Waals surface area contributed by atoms with Crippen molar-refractivity contribution in [2.45, 2.75) is 82.8 Å². The summed E-state index contributed by atoms with van der Waals surface area (Å²) in [6.07, 6.45) is 6.17. The third-order valence-electron chi connectivity index (χ3n) is 12.1. The second kappa shape index (κ2) is 18.1. The molecule has 3 aromatic rings. The van der Waals surface area contributed by atoms with Crippen molar-refractivity contribution in [3.05, 3.63) is 53.7 Å². The molecule has 1 unspecified atom stereocenters. The molecule has 0 saturated carbocycles. The molecule has 0 radical (unpaired) electrons. The van der Waals surface area contributed by atoms with E-state index in [1.54, 1.807) is 19.9 Å². The average molecular weight is 853 g/mol. The second-order valence-corrected chi connectivity index (χ2v) is 16.5. The van der Waals surface area contributed by atoms with E-state index in [0.29, 0.717) is 25.2 Å². The number of nitrogens with zero attached hydrogens (tertiary/aromatic N) is 6. The number of alkyl halides is 2.